The summed E-state index contributed by atoms with van der Waals surface area (Å²) >= 11 is 0. The van der Waals surface area contributed by atoms with Crippen LogP contribution in [0.4, 0.5) is 0 Å². The lowest BCUT2D eigenvalue weighted by Gasteiger charge is -2.37. The van der Waals surface area contributed by atoms with Crippen LogP contribution in [-0.2, 0) is 7.05 Å². The van der Waals surface area contributed by atoms with Gasteiger partial charge in [-0.3, -0.25) is 14.5 Å². The number of piperazine rings is 1. The summed E-state index contributed by atoms with van der Waals surface area (Å²) in [5, 5.41) is 0. The summed E-state index contributed by atoms with van der Waals surface area (Å²) in [6.07, 6.45) is 8.55. The fourth-order valence-corrected chi connectivity index (χ4v) is 3.77. The Morgan fingerprint density at radius 3 is 2.43 bits per heavy atom. The van der Waals surface area contributed by atoms with E-state index in [2.05, 4.69) is 4.90 Å². The average Bonchev–Trinajstić information content (AvgIpc) is 2.58. The predicted molar refractivity (Wildman–Crippen MR) is 90.6 cm³/mol. The Labute approximate surface area is 137 Å². The number of aromatic nitrogens is 1. The molecule has 0 unspecified atom stereocenters. The second-order valence-corrected chi connectivity index (χ2v) is 6.96. The molecular formula is C18H27N3O2. The first-order chi connectivity index (χ1) is 11.1. The summed E-state index contributed by atoms with van der Waals surface area (Å²) in [4.78, 5) is 28.4. The number of hydrogen-bond donors (Lipinski definition) is 0. The fraction of sp³-hybridized carbons (Fsp3) is 0.667. The molecule has 5 heteroatoms. The molecule has 0 bridgehead atoms. The van der Waals surface area contributed by atoms with Gasteiger partial charge in [-0.15, -0.1) is 0 Å². The molecular weight excluding hydrogens is 290 g/mol. The molecule has 1 aromatic rings. The summed E-state index contributed by atoms with van der Waals surface area (Å²) in [5.41, 5.74) is 0.520. The molecule has 1 aromatic heterocycles. The summed E-state index contributed by atoms with van der Waals surface area (Å²) in [6.45, 7) is 4.70. The highest BCUT2D eigenvalue weighted by molar-refractivity contribution is 5.94. The van der Waals surface area contributed by atoms with Gasteiger partial charge >= 0.3 is 0 Å². The van der Waals surface area contributed by atoms with Crippen LogP contribution < -0.4 is 5.56 Å². The van der Waals surface area contributed by atoms with E-state index in [9.17, 15) is 9.59 Å². The van der Waals surface area contributed by atoms with E-state index >= 15 is 0 Å². The monoisotopic (exact) mass is 317 g/mol. The van der Waals surface area contributed by atoms with Crippen LogP contribution in [0, 0.1) is 5.92 Å². The normalized spacial score (nSPS) is 20.7. The molecule has 0 spiro atoms. The minimum absolute atomic E-state index is 0.0397. The molecule has 126 valence electrons. The zero-order valence-electron chi connectivity index (χ0n) is 14.0. The van der Waals surface area contributed by atoms with E-state index in [-0.39, 0.29) is 11.5 Å². The Kier molecular flexibility index (Phi) is 5.16. The quantitative estimate of drug-likeness (QED) is 0.853. The molecule has 2 heterocycles. The van der Waals surface area contributed by atoms with Crippen molar-refractivity contribution < 1.29 is 4.79 Å². The van der Waals surface area contributed by atoms with E-state index in [4.69, 9.17) is 0 Å². The third-order valence-electron chi connectivity index (χ3n) is 5.23. The molecule has 1 saturated carbocycles. The largest absolute Gasteiger partial charge is 0.336 e. The van der Waals surface area contributed by atoms with Crippen molar-refractivity contribution >= 4 is 5.91 Å². The molecule has 0 atom stereocenters. The first kappa shape index (κ1) is 16.2. The third kappa shape index (κ3) is 4.02. The van der Waals surface area contributed by atoms with Gasteiger partial charge in [0.05, 0.1) is 5.56 Å². The highest BCUT2D eigenvalue weighted by atomic mass is 16.2. The maximum Gasteiger partial charge on any atom is 0.255 e. The topological polar surface area (TPSA) is 45.6 Å². The molecule has 2 fully saturated rings. The van der Waals surface area contributed by atoms with E-state index < -0.39 is 0 Å². The van der Waals surface area contributed by atoms with E-state index in [0.29, 0.717) is 5.56 Å². The molecule has 23 heavy (non-hydrogen) atoms. The lowest BCUT2D eigenvalue weighted by molar-refractivity contribution is 0.0605. The van der Waals surface area contributed by atoms with Gasteiger partial charge in [0.2, 0.25) is 5.56 Å². The number of amides is 1. The molecule has 3 rings (SSSR count). The summed E-state index contributed by atoms with van der Waals surface area (Å²) in [7, 11) is 1.68. The molecule has 0 aromatic carbocycles. The van der Waals surface area contributed by atoms with Crippen LogP contribution in [0.1, 0.15) is 42.5 Å². The first-order valence-corrected chi connectivity index (χ1v) is 8.82. The number of rotatable bonds is 3. The Morgan fingerprint density at radius 2 is 1.78 bits per heavy atom. The maximum absolute atomic E-state index is 12.6. The molecule has 2 aliphatic rings. The fourth-order valence-electron chi connectivity index (χ4n) is 3.77. The zero-order chi connectivity index (χ0) is 16.2. The van der Waals surface area contributed by atoms with Gasteiger partial charge in [-0.2, -0.15) is 0 Å². The van der Waals surface area contributed by atoms with Crippen LogP contribution in [0.5, 0.6) is 0 Å². The van der Waals surface area contributed by atoms with E-state index in [1.807, 2.05) is 4.90 Å². The van der Waals surface area contributed by atoms with Crippen LogP contribution in [0.2, 0.25) is 0 Å². The van der Waals surface area contributed by atoms with Crippen LogP contribution in [0.25, 0.3) is 0 Å². The number of aryl methyl sites for hydroxylation is 1. The molecule has 1 amide bonds. The van der Waals surface area contributed by atoms with Crippen molar-refractivity contribution in [1.29, 1.82) is 0 Å². The van der Waals surface area contributed by atoms with Gasteiger partial charge in [-0.25, -0.2) is 0 Å². The molecule has 1 aliphatic heterocycles. The highest BCUT2D eigenvalue weighted by Crippen LogP contribution is 2.24. The standard InChI is InChI=1S/C18H27N3O2/c1-19-14-16(7-8-17(19)22)18(23)21-11-9-20(10-12-21)13-15-5-3-2-4-6-15/h7-8,14-15H,2-6,9-13H2,1H3. The van der Waals surface area contributed by atoms with Crippen LogP contribution in [0.15, 0.2) is 23.1 Å². The number of nitrogens with zero attached hydrogens (tertiary/aromatic N) is 3. The minimum Gasteiger partial charge on any atom is -0.336 e. The molecule has 1 aliphatic carbocycles. The lowest BCUT2D eigenvalue weighted by atomic mass is 9.89. The molecule has 0 N–H and O–H groups in total. The summed E-state index contributed by atoms with van der Waals surface area (Å²) in [5.74, 6) is 0.896. The smallest absolute Gasteiger partial charge is 0.255 e. The van der Waals surface area contributed by atoms with Crippen LogP contribution in [-0.4, -0.2) is 53.0 Å². The maximum atomic E-state index is 12.6. The SMILES string of the molecule is Cn1cc(C(=O)N2CCN(CC3CCCCC3)CC2)ccc1=O. The Hall–Kier alpha value is -1.62. The van der Waals surface area contributed by atoms with Gasteiger partial charge in [0, 0.05) is 52.0 Å². The van der Waals surface area contributed by atoms with Crippen molar-refractivity contribution in [2.75, 3.05) is 32.7 Å². The van der Waals surface area contributed by atoms with Crippen molar-refractivity contribution in [2.24, 2.45) is 13.0 Å². The van der Waals surface area contributed by atoms with Crippen LogP contribution >= 0.6 is 0 Å². The Morgan fingerprint density at radius 1 is 1.09 bits per heavy atom. The van der Waals surface area contributed by atoms with Crippen molar-refractivity contribution in [3.05, 3.63) is 34.2 Å². The third-order valence-corrected chi connectivity index (χ3v) is 5.23. The summed E-state index contributed by atoms with van der Waals surface area (Å²) in [6, 6.07) is 3.10. The Bertz CT molecular complexity index is 597. The molecule has 1 saturated heterocycles. The van der Waals surface area contributed by atoms with E-state index in [0.717, 1.165) is 32.1 Å². The summed E-state index contributed by atoms with van der Waals surface area (Å²) < 4.78 is 1.46. The van der Waals surface area contributed by atoms with E-state index in [1.54, 1.807) is 19.3 Å². The first-order valence-electron chi connectivity index (χ1n) is 8.82. The van der Waals surface area contributed by atoms with Crippen molar-refractivity contribution in [2.45, 2.75) is 32.1 Å². The zero-order valence-corrected chi connectivity index (χ0v) is 14.0. The van der Waals surface area contributed by atoms with Gasteiger partial charge in [0.25, 0.3) is 5.91 Å². The van der Waals surface area contributed by atoms with Crippen molar-refractivity contribution in [1.82, 2.24) is 14.4 Å². The van der Waals surface area contributed by atoms with Crippen molar-refractivity contribution in [3.8, 4) is 0 Å². The second kappa shape index (κ2) is 7.30. The Balaban J connectivity index is 1.52. The van der Waals surface area contributed by atoms with E-state index in [1.165, 1.54) is 49.3 Å². The van der Waals surface area contributed by atoms with Gasteiger partial charge in [-0.1, -0.05) is 19.3 Å². The molecule has 0 radical (unpaired) electrons. The van der Waals surface area contributed by atoms with Gasteiger partial charge < -0.3 is 9.47 Å². The lowest BCUT2D eigenvalue weighted by Crippen LogP contribution is -2.50. The van der Waals surface area contributed by atoms with Gasteiger partial charge in [0.1, 0.15) is 0 Å². The average molecular weight is 317 g/mol. The highest BCUT2D eigenvalue weighted by Gasteiger charge is 2.24. The number of hydrogen-bond acceptors (Lipinski definition) is 3. The van der Waals surface area contributed by atoms with Gasteiger partial charge in [-0.05, 0) is 24.8 Å². The number of carbonyl (C=O) groups excluding carboxylic acids is 1. The molecule has 5 nitrogen and oxygen atoms in total. The number of carbonyl (C=O) groups is 1. The second-order valence-electron chi connectivity index (χ2n) is 6.96. The number of pyridine rings is 1. The van der Waals surface area contributed by atoms with Crippen molar-refractivity contribution in [3.63, 3.8) is 0 Å². The predicted octanol–water partition coefficient (Wildman–Crippen LogP) is 1.72. The van der Waals surface area contributed by atoms with Crippen LogP contribution in [0.3, 0.4) is 0 Å². The minimum atomic E-state index is -0.0844. The van der Waals surface area contributed by atoms with Gasteiger partial charge in [0.15, 0.2) is 0 Å².